The highest BCUT2D eigenvalue weighted by Gasteiger charge is 2.48. The number of fused-ring (bicyclic) bond motifs is 3. The van der Waals surface area contributed by atoms with E-state index < -0.39 is 0 Å². The number of benzene rings is 2. The minimum atomic E-state index is 0.323. The van der Waals surface area contributed by atoms with Crippen LogP contribution in [0.2, 0.25) is 0 Å². The molecule has 2 aromatic carbocycles. The molecule has 0 atom stereocenters. The molecule has 180 valence electrons. The molecule has 0 aliphatic heterocycles. The second-order valence-electron chi connectivity index (χ2n) is 9.72. The van der Waals surface area contributed by atoms with E-state index in [1.807, 2.05) is 42.5 Å². The van der Waals surface area contributed by atoms with Gasteiger partial charge >= 0.3 is 0 Å². The van der Waals surface area contributed by atoms with Crippen LogP contribution >= 0.6 is 0 Å². The fourth-order valence-corrected chi connectivity index (χ4v) is 5.64. The molecule has 0 amide bonds. The van der Waals surface area contributed by atoms with E-state index in [2.05, 4.69) is 46.1 Å². The van der Waals surface area contributed by atoms with E-state index in [0.717, 1.165) is 24.9 Å². The van der Waals surface area contributed by atoms with Gasteiger partial charge in [0.1, 0.15) is 5.82 Å². The van der Waals surface area contributed by atoms with Crippen molar-refractivity contribution in [3.8, 4) is 0 Å². The van der Waals surface area contributed by atoms with E-state index in [9.17, 15) is 0 Å². The summed E-state index contributed by atoms with van der Waals surface area (Å²) in [6.45, 7) is 0.991. The number of aryl methyl sites for hydroxylation is 1. The third kappa shape index (κ3) is 5.51. The number of rotatable bonds is 7. The third-order valence-corrected chi connectivity index (χ3v) is 7.72. The molecule has 6 nitrogen and oxygen atoms in total. The zero-order chi connectivity index (χ0) is 23.9. The van der Waals surface area contributed by atoms with Gasteiger partial charge in [-0.3, -0.25) is 0 Å². The quantitative estimate of drug-likeness (QED) is 0.198. The van der Waals surface area contributed by atoms with E-state index in [1.54, 1.807) is 5.56 Å². The number of hydrogen-bond donors (Lipinski definition) is 5. The maximum absolute atomic E-state index is 6.14. The molecule has 2 bridgehead atoms. The molecule has 34 heavy (non-hydrogen) atoms. The molecule has 3 aliphatic rings. The highest BCUT2D eigenvalue weighted by molar-refractivity contribution is 5.68. The molecule has 6 heteroatoms. The third-order valence-electron chi connectivity index (χ3n) is 7.72. The van der Waals surface area contributed by atoms with Crippen LogP contribution in [0.5, 0.6) is 0 Å². The minimum absolute atomic E-state index is 0.323. The lowest BCUT2D eigenvalue weighted by Gasteiger charge is -2.54. The summed E-state index contributed by atoms with van der Waals surface area (Å²) in [4.78, 5) is 4.12. The summed E-state index contributed by atoms with van der Waals surface area (Å²) in [6.07, 6.45) is 9.58. The number of pyridine rings is 1. The number of nitrogen functional groups attached to an aromatic ring is 3. The standard InChI is InChI=1S/C22H32N6.C6H6/c23-18-15-16(19(24)20(27-18)28-25)5-4-14-26-22-11-8-21(9-12-22,10-13-22)17-6-2-1-3-7-17;1-2-4-6-5-3-1/h1-3,6-7,15,26H,4-5,8-14,24-25H2,(H3,23,27,28);1-6H. The summed E-state index contributed by atoms with van der Waals surface area (Å²) < 4.78 is 0. The molecule has 0 spiro atoms. The number of nitrogens with zero attached hydrogens (tertiary/aromatic N) is 1. The lowest BCUT2D eigenvalue weighted by atomic mass is 9.55. The normalized spacial score (nSPS) is 23.1. The second-order valence-corrected chi connectivity index (χ2v) is 9.72. The summed E-state index contributed by atoms with van der Waals surface area (Å²) >= 11 is 0. The lowest BCUT2D eigenvalue weighted by molar-refractivity contribution is 0.0772. The maximum Gasteiger partial charge on any atom is 0.165 e. The van der Waals surface area contributed by atoms with Crippen LogP contribution in [-0.2, 0) is 11.8 Å². The van der Waals surface area contributed by atoms with Crippen LogP contribution in [0, 0.1) is 0 Å². The van der Waals surface area contributed by atoms with Crippen LogP contribution in [-0.4, -0.2) is 17.1 Å². The van der Waals surface area contributed by atoms with Crippen molar-refractivity contribution < 1.29 is 0 Å². The van der Waals surface area contributed by atoms with E-state index in [0.29, 0.717) is 28.3 Å². The predicted octanol–water partition coefficient (Wildman–Crippen LogP) is 4.79. The predicted molar refractivity (Wildman–Crippen MR) is 142 cm³/mol. The first-order valence-electron chi connectivity index (χ1n) is 12.4. The van der Waals surface area contributed by atoms with Gasteiger partial charge in [0.05, 0.1) is 5.69 Å². The molecule has 0 radical (unpaired) electrons. The van der Waals surface area contributed by atoms with Gasteiger partial charge in [-0.25, -0.2) is 10.8 Å². The average molecular weight is 459 g/mol. The molecule has 3 aliphatic carbocycles. The van der Waals surface area contributed by atoms with Crippen molar-refractivity contribution >= 4 is 17.3 Å². The highest BCUT2D eigenvalue weighted by Crippen LogP contribution is 2.53. The Morgan fingerprint density at radius 2 is 1.35 bits per heavy atom. The van der Waals surface area contributed by atoms with Gasteiger partial charge in [-0.05, 0) is 80.5 Å². The Bertz CT molecular complexity index is 986. The fraction of sp³-hybridized carbons (Fsp3) is 0.393. The monoisotopic (exact) mass is 458 g/mol. The molecule has 1 aromatic heterocycles. The summed E-state index contributed by atoms with van der Waals surface area (Å²) in [5, 5.41) is 3.90. The molecular formula is C28H38N6. The van der Waals surface area contributed by atoms with Crippen LogP contribution in [0.4, 0.5) is 17.3 Å². The van der Waals surface area contributed by atoms with Gasteiger partial charge in [0, 0.05) is 5.54 Å². The van der Waals surface area contributed by atoms with Gasteiger partial charge in [-0.1, -0.05) is 66.7 Å². The van der Waals surface area contributed by atoms with E-state index >= 15 is 0 Å². The molecule has 6 rings (SSSR count). The second kappa shape index (κ2) is 10.9. The maximum atomic E-state index is 6.14. The molecule has 3 fully saturated rings. The SMILES string of the molecule is NNc1nc(N)cc(CCCNC23CCC(c4ccccc4)(CC2)CC3)c1N.c1ccccc1. The van der Waals surface area contributed by atoms with Gasteiger partial charge in [0.2, 0.25) is 0 Å². The van der Waals surface area contributed by atoms with Crippen molar-refractivity contribution in [2.75, 3.05) is 23.4 Å². The summed E-state index contributed by atoms with van der Waals surface area (Å²) in [7, 11) is 0. The molecule has 0 saturated heterocycles. The number of nitrogens with two attached hydrogens (primary N) is 3. The summed E-state index contributed by atoms with van der Waals surface area (Å²) in [5.41, 5.74) is 18.4. The van der Waals surface area contributed by atoms with Crippen molar-refractivity contribution in [1.29, 1.82) is 0 Å². The van der Waals surface area contributed by atoms with Crippen LogP contribution in [0.1, 0.15) is 56.1 Å². The Morgan fingerprint density at radius 3 is 1.91 bits per heavy atom. The summed E-state index contributed by atoms with van der Waals surface area (Å²) in [5.74, 6) is 6.37. The molecule has 3 saturated carbocycles. The molecule has 3 aromatic rings. The number of nitrogens with one attached hydrogen (secondary N) is 2. The van der Waals surface area contributed by atoms with E-state index in [4.69, 9.17) is 17.3 Å². The minimum Gasteiger partial charge on any atom is -0.395 e. The van der Waals surface area contributed by atoms with Gasteiger partial charge in [-0.2, -0.15) is 0 Å². The van der Waals surface area contributed by atoms with Crippen LogP contribution in [0.25, 0.3) is 0 Å². The Kier molecular flexibility index (Phi) is 7.70. The van der Waals surface area contributed by atoms with Crippen molar-refractivity contribution in [1.82, 2.24) is 10.3 Å². The topological polar surface area (TPSA) is 115 Å². The van der Waals surface area contributed by atoms with Crippen LogP contribution in [0.15, 0.2) is 72.8 Å². The Labute approximate surface area is 203 Å². The fourth-order valence-electron chi connectivity index (χ4n) is 5.64. The number of anilines is 3. The van der Waals surface area contributed by atoms with Crippen LogP contribution in [0.3, 0.4) is 0 Å². The average Bonchev–Trinajstić information content (AvgIpc) is 2.91. The van der Waals surface area contributed by atoms with E-state index in [1.165, 1.54) is 38.5 Å². The van der Waals surface area contributed by atoms with Gasteiger partial charge in [0.25, 0.3) is 0 Å². The first kappa shape index (κ1) is 24.0. The smallest absolute Gasteiger partial charge is 0.165 e. The van der Waals surface area contributed by atoms with Gasteiger partial charge < -0.3 is 22.2 Å². The van der Waals surface area contributed by atoms with Crippen molar-refractivity contribution in [3.05, 3.63) is 83.9 Å². The van der Waals surface area contributed by atoms with Gasteiger partial charge in [0.15, 0.2) is 5.82 Å². The lowest BCUT2D eigenvalue weighted by Crippen LogP contribution is -2.56. The first-order chi connectivity index (χ1) is 16.6. The largest absolute Gasteiger partial charge is 0.395 e. The highest BCUT2D eigenvalue weighted by atomic mass is 15.3. The molecule has 1 heterocycles. The number of aromatic nitrogens is 1. The summed E-state index contributed by atoms with van der Waals surface area (Å²) in [6, 6.07) is 25.0. The van der Waals surface area contributed by atoms with Crippen molar-refractivity contribution in [2.45, 2.75) is 62.3 Å². The van der Waals surface area contributed by atoms with Crippen molar-refractivity contribution in [3.63, 3.8) is 0 Å². The zero-order valence-corrected chi connectivity index (χ0v) is 20.0. The zero-order valence-electron chi connectivity index (χ0n) is 20.0. The molecule has 0 unspecified atom stereocenters. The Morgan fingerprint density at radius 1 is 0.794 bits per heavy atom. The molecular weight excluding hydrogens is 420 g/mol. The Hall–Kier alpha value is -3.09. The molecule has 8 N–H and O–H groups in total. The van der Waals surface area contributed by atoms with E-state index in [-0.39, 0.29) is 0 Å². The van der Waals surface area contributed by atoms with Gasteiger partial charge in [-0.15, -0.1) is 0 Å². The van der Waals surface area contributed by atoms with Crippen LogP contribution < -0.4 is 28.1 Å². The first-order valence-corrected chi connectivity index (χ1v) is 12.4. The number of hydrazine groups is 1. The number of hydrogen-bond acceptors (Lipinski definition) is 6. The Balaban J connectivity index is 0.000000398. The van der Waals surface area contributed by atoms with Crippen molar-refractivity contribution in [2.24, 2.45) is 5.84 Å².